The third-order valence-electron chi connectivity index (χ3n) is 4.23. The average Bonchev–Trinajstić information content (AvgIpc) is 2.67. The molecule has 2 aromatic heterocycles. The number of hydrogen-bond acceptors (Lipinski definition) is 4. The van der Waals surface area contributed by atoms with Crippen LogP contribution in [0.2, 0.25) is 0 Å². The van der Waals surface area contributed by atoms with Gasteiger partial charge in [0.1, 0.15) is 11.6 Å². The Morgan fingerprint density at radius 1 is 1.47 bits per heavy atom. The molecule has 2 aromatic rings. The molecule has 2 aliphatic rings. The predicted molar refractivity (Wildman–Crippen MR) is 70.6 cm³/mol. The van der Waals surface area contributed by atoms with Crippen molar-refractivity contribution in [1.29, 1.82) is 0 Å². The van der Waals surface area contributed by atoms with Gasteiger partial charge in [0.2, 0.25) is 0 Å². The topological polar surface area (TPSA) is 29.0 Å². The highest BCUT2D eigenvalue weighted by Crippen LogP contribution is 2.58. The molecule has 3 heterocycles. The zero-order valence-corrected chi connectivity index (χ0v) is 10.9. The number of thiophene rings is 1. The van der Waals surface area contributed by atoms with Crippen molar-refractivity contribution in [1.82, 2.24) is 9.97 Å². The molecule has 2 unspecified atom stereocenters. The van der Waals surface area contributed by atoms with Gasteiger partial charge in [-0.1, -0.05) is 6.92 Å². The molecular weight excluding hydrogens is 230 g/mol. The number of fused-ring (bicyclic) bond motifs is 2. The van der Waals surface area contributed by atoms with Gasteiger partial charge in [0.05, 0.1) is 10.2 Å². The molecule has 2 fully saturated rings. The second kappa shape index (κ2) is 2.99. The fourth-order valence-electron chi connectivity index (χ4n) is 3.09. The van der Waals surface area contributed by atoms with Gasteiger partial charge in [-0.2, -0.15) is 0 Å². The first-order valence-electron chi connectivity index (χ1n) is 6.12. The molecule has 88 valence electrons. The van der Waals surface area contributed by atoms with Crippen molar-refractivity contribution in [2.45, 2.75) is 20.3 Å². The fourth-order valence-corrected chi connectivity index (χ4v) is 3.93. The van der Waals surface area contributed by atoms with Crippen LogP contribution in [-0.4, -0.2) is 23.1 Å². The van der Waals surface area contributed by atoms with Crippen molar-refractivity contribution in [3.63, 3.8) is 0 Å². The summed E-state index contributed by atoms with van der Waals surface area (Å²) in [6, 6.07) is 2.09. The quantitative estimate of drug-likeness (QED) is 0.773. The van der Waals surface area contributed by atoms with E-state index in [0.29, 0.717) is 5.41 Å². The molecule has 0 amide bonds. The van der Waals surface area contributed by atoms with Gasteiger partial charge in [-0.25, -0.2) is 9.97 Å². The van der Waals surface area contributed by atoms with Crippen LogP contribution in [0, 0.1) is 18.3 Å². The SMILES string of the molecule is Cc1nc(N2CC3CC3(C)C2)c2sccc2n1. The summed E-state index contributed by atoms with van der Waals surface area (Å²) in [5.74, 6) is 2.94. The Hall–Kier alpha value is -1.16. The van der Waals surface area contributed by atoms with Gasteiger partial charge in [-0.15, -0.1) is 11.3 Å². The second-order valence-corrected chi connectivity index (χ2v) is 6.58. The number of nitrogens with zero attached hydrogens (tertiary/aromatic N) is 3. The van der Waals surface area contributed by atoms with Crippen LogP contribution < -0.4 is 4.90 Å². The van der Waals surface area contributed by atoms with E-state index in [9.17, 15) is 0 Å². The lowest BCUT2D eigenvalue weighted by Crippen LogP contribution is -2.25. The Bertz CT molecular complexity index is 606. The zero-order chi connectivity index (χ0) is 11.6. The molecule has 0 spiro atoms. The molecule has 0 bridgehead atoms. The van der Waals surface area contributed by atoms with Crippen molar-refractivity contribution in [3.05, 3.63) is 17.3 Å². The van der Waals surface area contributed by atoms with Crippen molar-refractivity contribution >= 4 is 27.4 Å². The molecular formula is C13H15N3S. The highest BCUT2D eigenvalue weighted by atomic mass is 32.1. The molecule has 0 N–H and O–H groups in total. The fraction of sp³-hybridized carbons (Fsp3) is 0.538. The van der Waals surface area contributed by atoms with Crippen molar-refractivity contribution in [3.8, 4) is 0 Å². The molecule has 17 heavy (non-hydrogen) atoms. The maximum atomic E-state index is 4.67. The van der Waals surface area contributed by atoms with E-state index in [1.54, 1.807) is 11.3 Å². The van der Waals surface area contributed by atoms with Crippen LogP contribution in [0.3, 0.4) is 0 Å². The predicted octanol–water partition coefficient (Wildman–Crippen LogP) is 2.85. The van der Waals surface area contributed by atoms with E-state index in [-0.39, 0.29) is 0 Å². The van der Waals surface area contributed by atoms with Crippen LogP contribution in [0.15, 0.2) is 11.4 Å². The van der Waals surface area contributed by atoms with Gasteiger partial charge in [-0.3, -0.25) is 0 Å². The van der Waals surface area contributed by atoms with Gasteiger partial charge in [-0.05, 0) is 36.1 Å². The summed E-state index contributed by atoms with van der Waals surface area (Å²) in [7, 11) is 0. The summed E-state index contributed by atoms with van der Waals surface area (Å²) in [5.41, 5.74) is 1.67. The summed E-state index contributed by atoms with van der Waals surface area (Å²) in [6.07, 6.45) is 1.40. The lowest BCUT2D eigenvalue weighted by molar-refractivity contribution is 0.595. The van der Waals surface area contributed by atoms with Crippen molar-refractivity contribution < 1.29 is 0 Å². The van der Waals surface area contributed by atoms with Gasteiger partial charge >= 0.3 is 0 Å². The van der Waals surface area contributed by atoms with E-state index in [1.807, 2.05) is 6.92 Å². The van der Waals surface area contributed by atoms with E-state index in [4.69, 9.17) is 0 Å². The summed E-state index contributed by atoms with van der Waals surface area (Å²) in [6.45, 7) is 6.73. The molecule has 3 nitrogen and oxygen atoms in total. The third-order valence-corrected chi connectivity index (χ3v) is 5.13. The van der Waals surface area contributed by atoms with Gasteiger partial charge in [0, 0.05) is 13.1 Å². The summed E-state index contributed by atoms with van der Waals surface area (Å²) < 4.78 is 1.25. The molecule has 0 radical (unpaired) electrons. The Morgan fingerprint density at radius 2 is 2.35 bits per heavy atom. The van der Waals surface area contributed by atoms with Crippen LogP contribution in [0.4, 0.5) is 5.82 Å². The van der Waals surface area contributed by atoms with Crippen LogP contribution in [-0.2, 0) is 0 Å². The molecule has 1 aliphatic carbocycles. The van der Waals surface area contributed by atoms with E-state index in [2.05, 4.69) is 33.2 Å². The molecule has 0 aromatic carbocycles. The largest absolute Gasteiger partial charge is 0.354 e. The van der Waals surface area contributed by atoms with Crippen LogP contribution in [0.1, 0.15) is 19.2 Å². The number of hydrogen-bond donors (Lipinski definition) is 0. The number of aryl methyl sites for hydroxylation is 1. The van der Waals surface area contributed by atoms with Gasteiger partial charge in [0.15, 0.2) is 0 Å². The maximum Gasteiger partial charge on any atom is 0.150 e. The van der Waals surface area contributed by atoms with Gasteiger partial charge < -0.3 is 4.90 Å². The first-order chi connectivity index (χ1) is 8.16. The van der Waals surface area contributed by atoms with Gasteiger partial charge in [0.25, 0.3) is 0 Å². The first kappa shape index (κ1) is 9.83. The number of piperidine rings is 1. The minimum atomic E-state index is 0.572. The molecule has 2 atom stereocenters. The smallest absolute Gasteiger partial charge is 0.150 e. The van der Waals surface area contributed by atoms with Crippen molar-refractivity contribution in [2.24, 2.45) is 11.3 Å². The standard InChI is InChI=1S/C13H15N3S/c1-8-14-10-3-4-17-11(10)12(15-8)16-6-9-5-13(9,2)7-16/h3-4,9H,5-7H2,1-2H3. The number of aromatic nitrogens is 2. The minimum Gasteiger partial charge on any atom is -0.354 e. The Labute approximate surface area is 104 Å². The first-order valence-corrected chi connectivity index (χ1v) is 7.00. The zero-order valence-electron chi connectivity index (χ0n) is 10.1. The minimum absolute atomic E-state index is 0.572. The Balaban J connectivity index is 1.82. The molecule has 1 saturated carbocycles. The lowest BCUT2D eigenvalue weighted by atomic mass is 10.1. The Morgan fingerprint density at radius 3 is 3.12 bits per heavy atom. The van der Waals surface area contributed by atoms with Crippen LogP contribution in [0.25, 0.3) is 10.2 Å². The summed E-state index contributed by atoms with van der Waals surface area (Å²) in [5, 5.41) is 2.11. The van der Waals surface area contributed by atoms with E-state index in [0.717, 1.165) is 23.1 Å². The second-order valence-electron chi connectivity index (χ2n) is 5.66. The number of rotatable bonds is 1. The van der Waals surface area contributed by atoms with E-state index < -0.39 is 0 Å². The van der Waals surface area contributed by atoms with Crippen LogP contribution in [0.5, 0.6) is 0 Å². The van der Waals surface area contributed by atoms with E-state index in [1.165, 1.54) is 24.2 Å². The average molecular weight is 245 g/mol. The molecule has 4 heteroatoms. The maximum absolute atomic E-state index is 4.67. The molecule has 1 saturated heterocycles. The highest BCUT2D eigenvalue weighted by molar-refractivity contribution is 7.17. The Kier molecular flexibility index (Phi) is 1.73. The molecule has 1 aliphatic heterocycles. The summed E-state index contributed by atoms with van der Waals surface area (Å²) >= 11 is 1.76. The number of anilines is 1. The van der Waals surface area contributed by atoms with Crippen molar-refractivity contribution in [2.75, 3.05) is 18.0 Å². The summed E-state index contributed by atoms with van der Waals surface area (Å²) in [4.78, 5) is 11.6. The third kappa shape index (κ3) is 1.33. The monoisotopic (exact) mass is 245 g/mol. The lowest BCUT2D eigenvalue weighted by Gasteiger charge is -2.21. The highest BCUT2D eigenvalue weighted by Gasteiger charge is 2.56. The molecule has 4 rings (SSSR count). The normalized spacial score (nSPS) is 30.9. The van der Waals surface area contributed by atoms with E-state index >= 15 is 0 Å². The van der Waals surface area contributed by atoms with Crippen LogP contribution >= 0.6 is 11.3 Å².